The van der Waals surface area contributed by atoms with E-state index in [-0.39, 0.29) is 5.91 Å². The van der Waals surface area contributed by atoms with Gasteiger partial charge >= 0.3 is 0 Å². The number of benzene rings is 1. The Hall–Kier alpha value is -0.870. The lowest BCUT2D eigenvalue weighted by Crippen LogP contribution is -2.16. The van der Waals surface area contributed by atoms with Gasteiger partial charge in [0.15, 0.2) is 0 Å². The van der Waals surface area contributed by atoms with E-state index in [1.54, 1.807) is 0 Å². The Morgan fingerprint density at radius 3 is 2.40 bits per heavy atom. The third kappa shape index (κ3) is 5.25. The summed E-state index contributed by atoms with van der Waals surface area (Å²) in [4.78, 5) is 12.1. The maximum Gasteiger partial charge on any atom is 0.224 e. The number of amides is 1. The predicted octanol–water partition coefficient (Wildman–Crippen LogP) is 4.16. The fourth-order valence-corrected chi connectivity index (χ4v) is 3.12. The zero-order valence-corrected chi connectivity index (χ0v) is 14.2. The SMILES string of the molecule is CCC(CCN)CCC(=O)Nc1c(C)cc(Br)cc1C. The van der Waals surface area contributed by atoms with Crippen LogP contribution in [-0.2, 0) is 4.79 Å². The fraction of sp³-hybridized carbons (Fsp3) is 0.562. The molecule has 0 heterocycles. The van der Waals surface area contributed by atoms with Crippen LogP contribution in [0, 0.1) is 19.8 Å². The molecule has 3 N–H and O–H groups in total. The van der Waals surface area contributed by atoms with E-state index in [9.17, 15) is 4.79 Å². The summed E-state index contributed by atoms with van der Waals surface area (Å²) >= 11 is 3.47. The lowest BCUT2D eigenvalue weighted by atomic mass is 9.96. The zero-order chi connectivity index (χ0) is 15.1. The summed E-state index contributed by atoms with van der Waals surface area (Å²) in [7, 11) is 0. The highest BCUT2D eigenvalue weighted by Gasteiger charge is 2.11. The average molecular weight is 341 g/mol. The maximum absolute atomic E-state index is 12.1. The highest BCUT2D eigenvalue weighted by atomic mass is 79.9. The largest absolute Gasteiger partial charge is 0.330 e. The van der Waals surface area contributed by atoms with Crippen LogP contribution in [0.25, 0.3) is 0 Å². The third-order valence-corrected chi connectivity index (χ3v) is 4.15. The topological polar surface area (TPSA) is 55.1 Å². The molecule has 0 spiro atoms. The highest BCUT2D eigenvalue weighted by molar-refractivity contribution is 9.10. The number of halogens is 1. The van der Waals surface area contributed by atoms with Crippen molar-refractivity contribution in [2.24, 2.45) is 11.7 Å². The number of nitrogens with one attached hydrogen (secondary N) is 1. The minimum atomic E-state index is 0.0917. The molecular weight excluding hydrogens is 316 g/mol. The zero-order valence-electron chi connectivity index (χ0n) is 12.6. The van der Waals surface area contributed by atoms with Crippen molar-refractivity contribution in [2.45, 2.75) is 46.5 Å². The van der Waals surface area contributed by atoms with Gasteiger partial charge in [0.2, 0.25) is 5.91 Å². The summed E-state index contributed by atoms with van der Waals surface area (Å²) in [5, 5.41) is 3.04. The Bertz CT molecular complexity index is 437. The molecule has 1 amide bonds. The number of nitrogens with two attached hydrogens (primary N) is 1. The second-order valence-electron chi connectivity index (χ2n) is 5.35. The number of anilines is 1. The molecule has 0 aliphatic heterocycles. The van der Waals surface area contributed by atoms with Gasteiger partial charge in [0.05, 0.1) is 0 Å². The van der Waals surface area contributed by atoms with Crippen molar-refractivity contribution in [3.8, 4) is 0 Å². The molecule has 0 aliphatic carbocycles. The molecule has 20 heavy (non-hydrogen) atoms. The minimum Gasteiger partial charge on any atom is -0.330 e. The van der Waals surface area contributed by atoms with Crippen LogP contribution >= 0.6 is 15.9 Å². The van der Waals surface area contributed by atoms with Crippen molar-refractivity contribution >= 4 is 27.5 Å². The number of hydrogen-bond donors (Lipinski definition) is 2. The van der Waals surface area contributed by atoms with Crippen molar-refractivity contribution in [1.29, 1.82) is 0 Å². The molecule has 112 valence electrons. The van der Waals surface area contributed by atoms with Crippen molar-refractivity contribution in [2.75, 3.05) is 11.9 Å². The van der Waals surface area contributed by atoms with Gasteiger partial charge < -0.3 is 11.1 Å². The van der Waals surface area contributed by atoms with E-state index in [2.05, 4.69) is 28.2 Å². The molecule has 0 aliphatic rings. The van der Waals surface area contributed by atoms with Gasteiger partial charge in [-0.25, -0.2) is 0 Å². The molecule has 1 unspecified atom stereocenters. The van der Waals surface area contributed by atoms with E-state index in [4.69, 9.17) is 5.73 Å². The van der Waals surface area contributed by atoms with Crippen molar-refractivity contribution in [3.05, 3.63) is 27.7 Å². The summed E-state index contributed by atoms with van der Waals surface area (Å²) in [5.41, 5.74) is 8.68. The predicted molar refractivity (Wildman–Crippen MR) is 88.9 cm³/mol. The standard InChI is InChI=1S/C16H25BrN2O/c1-4-13(7-8-18)5-6-15(20)19-16-11(2)9-14(17)10-12(16)3/h9-10,13H,4-8,18H2,1-3H3,(H,19,20). The molecule has 0 radical (unpaired) electrons. The lowest BCUT2D eigenvalue weighted by molar-refractivity contribution is -0.116. The molecule has 0 saturated carbocycles. The van der Waals surface area contributed by atoms with Crippen molar-refractivity contribution < 1.29 is 4.79 Å². The second-order valence-corrected chi connectivity index (χ2v) is 6.27. The minimum absolute atomic E-state index is 0.0917. The Morgan fingerprint density at radius 2 is 1.90 bits per heavy atom. The van der Waals surface area contributed by atoms with E-state index >= 15 is 0 Å². The molecule has 3 nitrogen and oxygen atoms in total. The fourth-order valence-electron chi connectivity index (χ4n) is 2.43. The number of hydrogen-bond acceptors (Lipinski definition) is 2. The molecule has 4 heteroatoms. The smallest absolute Gasteiger partial charge is 0.224 e. The van der Waals surface area contributed by atoms with Crippen LogP contribution in [0.4, 0.5) is 5.69 Å². The van der Waals surface area contributed by atoms with Crippen LogP contribution in [0.5, 0.6) is 0 Å². The highest BCUT2D eigenvalue weighted by Crippen LogP contribution is 2.25. The monoisotopic (exact) mass is 340 g/mol. The summed E-state index contributed by atoms with van der Waals surface area (Å²) < 4.78 is 1.04. The van der Waals surface area contributed by atoms with Gasteiger partial charge in [-0.15, -0.1) is 0 Å². The molecule has 1 atom stereocenters. The molecule has 1 rings (SSSR count). The Morgan fingerprint density at radius 1 is 1.30 bits per heavy atom. The molecule has 0 saturated heterocycles. The van der Waals surface area contributed by atoms with Crippen LogP contribution in [0.2, 0.25) is 0 Å². The van der Waals surface area contributed by atoms with E-state index < -0.39 is 0 Å². The van der Waals surface area contributed by atoms with E-state index in [1.807, 2.05) is 26.0 Å². The van der Waals surface area contributed by atoms with Gasteiger partial charge in [-0.05, 0) is 62.4 Å². The first-order valence-corrected chi connectivity index (χ1v) is 8.03. The van der Waals surface area contributed by atoms with Crippen LogP contribution in [0.15, 0.2) is 16.6 Å². The Labute approximate surface area is 130 Å². The molecule has 1 aromatic carbocycles. The van der Waals surface area contributed by atoms with Gasteiger partial charge in [-0.2, -0.15) is 0 Å². The summed E-state index contributed by atoms with van der Waals surface area (Å²) in [6, 6.07) is 4.04. The summed E-state index contributed by atoms with van der Waals surface area (Å²) in [6.07, 6.45) is 3.56. The van der Waals surface area contributed by atoms with Gasteiger partial charge in [0.25, 0.3) is 0 Å². The third-order valence-electron chi connectivity index (χ3n) is 3.69. The van der Waals surface area contributed by atoms with Crippen molar-refractivity contribution in [1.82, 2.24) is 0 Å². The van der Waals surface area contributed by atoms with Crippen LogP contribution in [0.3, 0.4) is 0 Å². The van der Waals surface area contributed by atoms with Gasteiger partial charge in [-0.1, -0.05) is 29.3 Å². The second kappa shape index (κ2) is 8.42. The first kappa shape index (κ1) is 17.2. The van der Waals surface area contributed by atoms with Crippen LogP contribution in [0.1, 0.15) is 43.7 Å². The quantitative estimate of drug-likeness (QED) is 0.782. The number of rotatable bonds is 7. The summed E-state index contributed by atoms with van der Waals surface area (Å²) in [5.74, 6) is 0.645. The maximum atomic E-state index is 12.1. The number of carbonyl (C=O) groups excluding carboxylic acids is 1. The van der Waals surface area contributed by atoms with Crippen LogP contribution < -0.4 is 11.1 Å². The lowest BCUT2D eigenvalue weighted by Gasteiger charge is -2.15. The molecule has 0 aromatic heterocycles. The van der Waals surface area contributed by atoms with E-state index in [1.165, 1.54) is 0 Å². The molecule has 0 bridgehead atoms. The van der Waals surface area contributed by atoms with Crippen LogP contribution in [-0.4, -0.2) is 12.5 Å². The Balaban J connectivity index is 2.59. The molecule has 1 aromatic rings. The molecular formula is C16H25BrN2O. The normalized spacial score (nSPS) is 12.2. The van der Waals surface area contributed by atoms with Gasteiger partial charge in [0.1, 0.15) is 0 Å². The molecule has 0 fully saturated rings. The van der Waals surface area contributed by atoms with Crippen molar-refractivity contribution in [3.63, 3.8) is 0 Å². The van der Waals surface area contributed by atoms with E-state index in [0.717, 1.165) is 40.5 Å². The number of carbonyl (C=O) groups is 1. The first-order chi connectivity index (χ1) is 9.47. The Kier molecular flexibility index (Phi) is 7.24. The first-order valence-electron chi connectivity index (χ1n) is 7.24. The van der Waals surface area contributed by atoms with Gasteiger partial charge in [-0.3, -0.25) is 4.79 Å². The number of aryl methyl sites for hydroxylation is 2. The average Bonchev–Trinajstić information content (AvgIpc) is 2.38. The summed E-state index contributed by atoms with van der Waals surface area (Å²) in [6.45, 7) is 6.87. The van der Waals surface area contributed by atoms with E-state index in [0.29, 0.717) is 18.9 Å². The van der Waals surface area contributed by atoms with Gasteiger partial charge in [0, 0.05) is 16.6 Å².